The van der Waals surface area contributed by atoms with Crippen molar-refractivity contribution in [2.24, 2.45) is 24.8 Å². The van der Waals surface area contributed by atoms with Crippen molar-refractivity contribution in [3.8, 4) is 22.6 Å². The van der Waals surface area contributed by atoms with Gasteiger partial charge in [-0.25, -0.2) is 4.99 Å². The number of aromatic amines is 1. The lowest BCUT2D eigenvalue weighted by molar-refractivity contribution is 0.161. The van der Waals surface area contributed by atoms with Crippen LogP contribution in [0.25, 0.3) is 27.6 Å². The van der Waals surface area contributed by atoms with Gasteiger partial charge < -0.3 is 24.6 Å². The number of hydrogen-bond acceptors (Lipinski definition) is 5. The lowest BCUT2D eigenvalue weighted by atomic mass is 10.0. The summed E-state index contributed by atoms with van der Waals surface area (Å²) in [6.45, 7) is 0.945. The predicted molar refractivity (Wildman–Crippen MR) is 137 cm³/mol. The van der Waals surface area contributed by atoms with E-state index in [0.717, 1.165) is 23.5 Å². The highest BCUT2D eigenvalue weighted by atomic mass is 19.3. The first kappa shape index (κ1) is 24.6. The number of nitrogens with zero attached hydrogens (tertiary/aromatic N) is 3. The van der Waals surface area contributed by atoms with E-state index in [4.69, 9.17) is 10.5 Å². The maximum atomic E-state index is 12.9. The summed E-state index contributed by atoms with van der Waals surface area (Å²) < 4.78 is 34.4. The first-order valence-electron chi connectivity index (χ1n) is 11.0. The largest absolute Gasteiger partial charge is 0.455 e. The number of benzene rings is 1. The highest BCUT2D eigenvalue weighted by molar-refractivity contribution is 6.11. The molecule has 3 heterocycles. The first-order valence-corrected chi connectivity index (χ1v) is 11.0. The van der Waals surface area contributed by atoms with E-state index in [-0.39, 0.29) is 22.2 Å². The first-order chi connectivity index (χ1) is 17.1. The van der Waals surface area contributed by atoms with Crippen LogP contribution >= 0.6 is 0 Å². The standard InChI is InChI=1S/C26H25F2N5O3/c1-14-6-5-7-15(2)24(14)36-21-13-32(3)22(34)9-17(21)19-12-33(4)25(35)23-18(19)8-20(31-23)16(10-29)11-30-26(27)28/h5-13,26,31H,29H2,1-4H3. The summed E-state index contributed by atoms with van der Waals surface area (Å²) >= 11 is 0. The average Bonchev–Trinajstić information content (AvgIpc) is 3.27. The third kappa shape index (κ3) is 4.57. The van der Waals surface area contributed by atoms with E-state index in [1.807, 2.05) is 32.0 Å². The molecule has 0 radical (unpaired) electrons. The van der Waals surface area contributed by atoms with Crippen LogP contribution in [0.1, 0.15) is 16.8 Å². The molecule has 4 aromatic rings. The molecule has 1 aromatic carbocycles. The molecule has 8 nitrogen and oxygen atoms in total. The molecule has 0 bridgehead atoms. The number of aliphatic imine (C=N–C) groups is 1. The fourth-order valence-corrected chi connectivity index (χ4v) is 4.01. The average molecular weight is 494 g/mol. The molecule has 0 fully saturated rings. The number of ether oxygens (including phenoxy) is 1. The quantitative estimate of drug-likeness (QED) is 0.310. The topological polar surface area (TPSA) is 107 Å². The van der Waals surface area contributed by atoms with Gasteiger partial charge in [0.1, 0.15) is 11.3 Å². The minimum absolute atomic E-state index is 0.176. The molecule has 0 amide bonds. The molecule has 4 rings (SSSR count). The van der Waals surface area contributed by atoms with Gasteiger partial charge in [-0.05, 0) is 31.0 Å². The van der Waals surface area contributed by atoms with Gasteiger partial charge in [-0.3, -0.25) is 9.59 Å². The Bertz CT molecular complexity index is 1620. The van der Waals surface area contributed by atoms with E-state index in [0.29, 0.717) is 33.7 Å². The Morgan fingerprint density at radius 1 is 1.08 bits per heavy atom. The number of fused-ring (bicyclic) bond motifs is 1. The number of rotatable bonds is 6. The summed E-state index contributed by atoms with van der Waals surface area (Å²) in [7, 11) is 3.20. The number of H-pyrrole nitrogens is 1. The molecule has 36 heavy (non-hydrogen) atoms. The number of aryl methyl sites for hydroxylation is 4. The number of nitrogens with two attached hydrogens (primary N) is 1. The maximum Gasteiger partial charge on any atom is 0.331 e. The summed E-state index contributed by atoms with van der Waals surface area (Å²) in [5, 5.41) is 0.470. The zero-order valence-electron chi connectivity index (χ0n) is 20.2. The maximum absolute atomic E-state index is 12.9. The third-order valence-electron chi connectivity index (χ3n) is 5.88. The van der Waals surface area contributed by atoms with Crippen molar-refractivity contribution < 1.29 is 13.5 Å². The number of alkyl halides is 2. The van der Waals surface area contributed by atoms with Gasteiger partial charge in [0, 0.05) is 66.6 Å². The third-order valence-corrected chi connectivity index (χ3v) is 5.88. The van der Waals surface area contributed by atoms with E-state index in [9.17, 15) is 18.4 Å². The van der Waals surface area contributed by atoms with Gasteiger partial charge in [0.15, 0.2) is 5.75 Å². The van der Waals surface area contributed by atoms with Crippen molar-refractivity contribution in [3.05, 3.63) is 86.5 Å². The molecule has 186 valence electrons. The van der Waals surface area contributed by atoms with E-state index < -0.39 is 6.55 Å². The molecule has 0 aliphatic rings. The minimum atomic E-state index is -2.90. The highest BCUT2D eigenvalue weighted by Gasteiger charge is 2.19. The van der Waals surface area contributed by atoms with Crippen molar-refractivity contribution in [1.82, 2.24) is 14.1 Å². The van der Waals surface area contributed by atoms with Crippen LogP contribution in [0.15, 0.2) is 63.5 Å². The van der Waals surface area contributed by atoms with Crippen LogP contribution in [0, 0.1) is 13.8 Å². The number of hydrogen-bond donors (Lipinski definition) is 2. The predicted octanol–water partition coefficient (Wildman–Crippen LogP) is 4.23. The van der Waals surface area contributed by atoms with E-state index in [2.05, 4.69) is 9.98 Å². The van der Waals surface area contributed by atoms with Crippen molar-refractivity contribution in [2.45, 2.75) is 20.4 Å². The molecule has 0 saturated heterocycles. The second-order valence-corrected chi connectivity index (χ2v) is 8.43. The van der Waals surface area contributed by atoms with Crippen LogP contribution in [-0.2, 0) is 14.1 Å². The lowest BCUT2D eigenvalue weighted by Gasteiger charge is -2.17. The fourth-order valence-electron chi connectivity index (χ4n) is 4.01. The lowest BCUT2D eigenvalue weighted by Crippen LogP contribution is -2.18. The Morgan fingerprint density at radius 3 is 2.42 bits per heavy atom. The second kappa shape index (κ2) is 9.65. The molecule has 0 spiro atoms. The Kier molecular flexibility index (Phi) is 6.61. The summed E-state index contributed by atoms with van der Waals surface area (Å²) in [6, 6.07) is 8.83. The number of halogens is 2. The van der Waals surface area contributed by atoms with Crippen molar-refractivity contribution >= 4 is 22.7 Å². The summed E-state index contributed by atoms with van der Waals surface area (Å²) in [5.41, 5.74) is 8.57. The van der Waals surface area contributed by atoms with Crippen LogP contribution in [0.5, 0.6) is 11.5 Å². The van der Waals surface area contributed by atoms with E-state index >= 15 is 0 Å². The van der Waals surface area contributed by atoms with Gasteiger partial charge in [0.2, 0.25) is 0 Å². The molecular formula is C26H25F2N5O3. The van der Waals surface area contributed by atoms with Crippen LogP contribution in [0.3, 0.4) is 0 Å². The molecule has 0 saturated carbocycles. The number of nitrogens with one attached hydrogen (secondary N) is 1. The monoisotopic (exact) mass is 493 g/mol. The number of para-hydroxylation sites is 1. The Labute approximate surface area is 205 Å². The Morgan fingerprint density at radius 2 is 1.78 bits per heavy atom. The zero-order valence-corrected chi connectivity index (χ0v) is 20.2. The number of allylic oxidation sites excluding steroid dienone is 1. The van der Waals surface area contributed by atoms with Gasteiger partial charge in [-0.2, -0.15) is 8.78 Å². The van der Waals surface area contributed by atoms with E-state index in [1.54, 1.807) is 32.6 Å². The molecular weight excluding hydrogens is 468 g/mol. The molecule has 0 unspecified atom stereocenters. The normalized spacial score (nSPS) is 12.2. The smallest absolute Gasteiger partial charge is 0.331 e. The van der Waals surface area contributed by atoms with Crippen molar-refractivity contribution in [1.29, 1.82) is 0 Å². The molecule has 0 aliphatic carbocycles. The number of aromatic nitrogens is 3. The van der Waals surface area contributed by atoms with Crippen LogP contribution < -0.4 is 21.6 Å². The molecule has 10 heteroatoms. The van der Waals surface area contributed by atoms with Crippen LogP contribution in [0.4, 0.5) is 8.78 Å². The fraction of sp³-hybridized carbons (Fsp3) is 0.192. The number of pyridine rings is 2. The van der Waals surface area contributed by atoms with E-state index in [1.165, 1.54) is 15.2 Å². The summed E-state index contributed by atoms with van der Waals surface area (Å²) in [4.78, 5) is 31.6. The molecule has 0 atom stereocenters. The highest BCUT2D eigenvalue weighted by Crippen LogP contribution is 2.38. The zero-order chi connectivity index (χ0) is 26.1. The van der Waals surface area contributed by atoms with Crippen LogP contribution in [-0.4, -0.2) is 26.9 Å². The molecule has 0 aliphatic heterocycles. The SMILES string of the molecule is Cc1cccc(C)c1Oc1cn(C)c(=O)cc1-c1cn(C)c(=O)c2[nH]c(C(C=NC(F)F)=CN)cc12. The van der Waals surface area contributed by atoms with Crippen molar-refractivity contribution in [2.75, 3.05) is 0 Å². The van der Waals surface area contributed by atoms with Gasteiger partial charge in [0.05, 0.1) is 6.20 Å². The summed E-state index contributed by atoms with van der Waals surface area (Å²) in [6.07, 6.45) is 5.25. The van der Waals surface area contributed by atoms with Gasteiger partial charge >= 0.3 is 6.55 Å². The van der Waals surface area contributed by atoms with Crippen molar-refractivity contribution in [3.63, 3.8) is 0 Å². The van der Waals surface area contributed by atoms with Gasteiger partial charge in [-0.1, -0.05) is 18.2 Å². The Balaban J connectivity index is 1.98. The Hall–Kier alpha value is -4.47. The summed E-state index contributed by atoms with van der Waals surface area (Å²) in [5.74, 6) is 1.07. The second-order valence-electron chi connectivity index (χ2n) is 8.43. The molecule has 3 aromatic heterocycles. The van der Waals surface area contributed by atoms with Gasteiger partial charge in [-0.15, -0.1) is 0 Å². The van der Waals surface area contributed by atoms with Gasteiger partial charge in [0.25, 0.3) is 11.1 Å². The minimum Gasteiger partial charge on any atom is -0.455 e. The van der Waals surface area contributed by atoms with Crippen LogP contribution in [0.2, 0.25) is 0 Å². The molecule has 3 N–H and O–H groups in total.